The van der Waals surface area contributed by atoms with Crippen molar-refractivity contribution in [3.63, 3.8) is 0 Å². The van der Waals surface area contributed by atoms with Crippen LogP contribution in [0, 0.1) is 4.64 Å². The number of benzene rings is 2. The van der Waals surface area contributed by atoms with Gasteiger partial charge in [-0.1, -0.05) is 12.2 Å². The highest BCUT2D eigenvalue weighted by Crippen LogP contribution is 2.31. The Morgan fingerprint density at radius 3 is 2.34 bits per heavy atom. The van der Waals surface area contributed by atoms with Gasteiger partial charge in [0.2, 0.25) is 0 Å². The van der Waals surface area contributed by atoms with Crippen molar-refractivity contribution in [3.05, 3.63) is 70.0 Å². The molecule has 0 spiro atoms. The highest BCUT2D eigenvalue weighted by molar-refractivity contribution is 7.71. The first-order valence-electron chi connectivity index (χ1n) is 9.60. The second-order valence-corrected chi connectivity index (χ2v) is 7.36. The summed E-state index contributed by atoms with van der Waals surface area (Å²) in [7, 11) is 3.03. The van der Waals surface area contributed by atoms with E-state index in [-0.39, 0.29) is 5.97 Å². The predicted octanol–water partition coefficient (Wildman–Crippen LogP) is 4.94. The molecule has 4 rings (SSSR count). The lowest BCUT2D eigenvalue weighted by atomic mass is 9.96. The molecule has 0 aliphatic heterocycles. The molecule has 0 amide bonds. The number of methoxy groups -OCH3 is 2. The Balaban J connectivity index is 1.92. The molecule has 29 heavy (non-hydrogen) atoms. The fourth-order valence-electron chi connectivity index (χ4n) is 3.78. The fourth-order valence-corrected chi connectivity index (χ4v) is 4.09. The second kappa shape index (κ2) is 8.17. The minimum absolute atomic E-state index is 0.349. The normalized spacial score (nSPS) is 12.9. The standard InChI is InChI=1S/C23H22N2O3S/c1-27-18-13-9-15(10-14-18)21-24-22(29)19-5-3-4-6-20(19)25(21)17-11-7-16(8-12-17)23(26)28-2/h7-14H,3-6H2,1-2H3. The van der Waals surface area contributed by atoms with E-state index in [4.69, 9.17) is 26.7 Å². The molecule has 2 aromatic carbocycles. The second-order valence-electron chi connectivity index (χ2n) is 6.98. The van der Waals surface area contributed by atoms with Crippen molar-refractivity contribution >= 4 is 18.2 Å². The third-order valence-corrected chi connectivity index (χ3v) is 5.62. The summed E-state index contributed by atoms with van der Waals surface area (Å²) in [5.74, 6) is 1.24. The summed E-state index contributed by atoms with van der Waals surface area (Å²) in [4.78, 5) is 16.6. The summed E-state index contributed by atoms with van der Waals surface area (Å²) in [6.07, 6.45) is 4.14. The highest BCUT2D eigenvalue weighted by Gasteiger charge is 2.20. The number of carbonyl (C=O) groups excluding carboxylic acids is 1. The number of carbonyl (C=O) groups is 1. The van der Waals surface area contributed by atoms with E-state index in [1.54, 1.807) is 19.2 Å². The molecule has 5 nitrogen and oxygen atoms in total. The first kappa shape index (κ1) is 19.3. The maximum Gasteiger partial charge on any atom is 0.337 e. The largest absolute Gasteiger partial charge is 0.497 e. The Morgan fingerprint density at radius 1 is 1.00 bits per heavy atom. The van der Waals surface area contributed by atoms with E-state index in [2.05, 4.69) is 4.57 Å². The molecule has 0 saturated carbocycles. The molecular formula is C23H22N2O3S. The predicted molar refractivity (Wildman–Crippen MR) is 114 cm³/mol. The molecule has 1 aromatic heterocycles. The fraction of sp³-hybridized carbons (Fsp3) is 0.261. The van der Waals surface area contributed by atoms with E-state index in [1.807, 2.05) is 36.4 Å². The number of hydrogen-bond donors (Lipinski definition) is 0. The minimum atomic E-state index is -0.349. The molecule has 0 saturated heterocycles. The van der Waals surface area contributed by atoms with Gasteiger partial charge in [-0.25, -0.2) is 9.78 Å². The topological polar surface area (TPSA) is 53.4 Å². The summed E-state index contributed by atoms with van der Waals surface area (Å²) in [5, 5.41) is 0. The summed E-state index contributed by atoms with van der Waals surface area (Å²) >= 11 is 5.64. The van der Waals surface area contributed by atoms with Gasteiger partial charge in [0.05, 0.1) is 19.8 Å². The summed E-state index contributed by atoms with van der Waals surface area (Å²) < 4.78 is 13.0. The first-order chi connectivity index (χ1) is 14.1. The van der Waals surface area contributed by atoms with Crippen LogP contribution in [-0.2, 0) is 17.6 Å². The molecule has 3 aromatic rings. The number of fused-ring (bicyclic) bond motifs is 1. The lowest BCUT2D eigenvalue weighted by molar-refractivity contribution is 0.0600. The summed E-state index contributed by atoms with van der Waals surface area (Å²) in [6, 6.07) is 15.2. The van der Waals surface area contributed by atoms with E-state index in [1.165, 1.54) is 12.8 Å². The Hall–Kier alpha value is -2.99. The lowest BCUT2D eigenvalue weighted by Gasteiger charge is -2.24. The third kappa shape index (κ3) is 3.68. The average Bonchev–Trinajstić information content (AvgIpc) is 2.79. The van der Waals surface area contributed by atoms with Crippen molar-refractivity contribution in [2.24, 2.45) is 0 Å². The number of rotatable bonds is 4. The number of hydrogen-bond acceptors (Lipinski definition) is 5. The van der Waals surface area contributed by atoms with Crippen molar-refractivity contribution in [3.8, 4) is 22.8 Å². The maximum atomic E-state index is 11.8. The Labute approximate surface area is 174 Å². The Bertz CT molecular complexity index is 1100. The zero-order valence-electron chi connectivity index (χ0n) is 16.5. The summed E-state index contributed by atoms with van der Waals surface area (Å²) in [6.45, 7) is 0. The van der Waals surface area contributed by atoms with E-state index < -0.39 is 0 Å². The van der Waals surface area contributed by atoms with Crippen LogP contribution >= 0.6 is 12.2 Å². The van der Waals surface area contributed by atoms with Crippen LogP contribution in [0.3, 0.4) is 0 Å². The molecule has 0 fully saturated rings. The molecule has 0 unspecified atom stereocenters. The molecule has 1 heterocycles. The molecule has 1 aliphatic carbocycles. The van der Waals surface area contributed by atoms with E-state index >= 15 is 0 Å². The summed E-state index contributed by atoms with van der Waals surface area (Å²) in [5.41, 5.74) is 4.78. The molecule has 0 atom stereocenters. The van der Waals surface area contributed by atoms with Crippen LogP contribution < -0.4 is 4.74 Å². The number of esters is 1. The molecule has 0 bridgehead atoms. The third-order valence-electron chi connectivity index (χ3n) is 5.28. The molecular weight excluding hydrogens is 384 g/mol. The molecule has 0 radical (unpaired) electrons. The first-order valence-corrected chi connectivity index (χ1v) is 10.0. The van der Waals surface area contributed by atoms with Gasteiger partial charge in [-0.05, 0) is 74.2 Å². The van der Waals surface area contributed by atoms with Crippen LogP contribution in [0.2, 0.25) is 0 Å². The zero-order chi connectivity index (χ0) is 20.4. The van der Waals surface area contributed by atoms with Crippen LogP contribution in [0.25, 0.3) is 17.1 Å². The van der Waals surface area contributed by atoms with E-state index in [0.29, 0.717) is 10.2 Å². The van der Waals surface area contributed by atoms with Crippen molar-refractivity contribution in [1.82, 2.24) is 9.55 Å². The smallest absolute Gasteiger partial charge is 0.337 e. The van der Waals surface area contributed by atoms with Gasteiger partial charge in [0.15, 0.2) is 0 Å². The van der Waals surface area contributed by atoms with Gasteiger partial charge in [-0.15, -0.1) is 0 Å². The van der Waals surface area contributed by atoms with Gasteiger partial charge in [-0.3, -0.25) is 4.57 Å². The van der Waals surface area contributed by atoms with Crippen molar-refractivity contribution in [1.29, 1.82) is 0 Å². The molecule has 0 N–H and O–H groups in total. The Kier molecular flexibility index (Phi) is 5.45. The maximum absolute atomic E-state index is 11.8. The lowest BCUT2D eigenvalue weighted by Crippen LogP contribution is -2.17. The van der Waals surface area contributed by atoms with Crippen molar-refractivity contribution in [2.75, 3.05) is 14.2 Å². The number of nitrogens with zero attached hydrogens (tertiary/aromatic N) is 2. The van der Waals surface area contributed by atoms with Crippen LogP contribution in [0.15, 0.2) is 48.5 Å². The minimum Gasteiger partial charge on any atom is -0.497 e. The van der Waals surface area contributed by atoms with Gasteiger partial charge in [0.25, 0.3) is 0 Å². The van der Waals surface area contributed by atoms with Crippen LogP contribution in [-0.4, -0.2) is 29.7 Å². The molecule has 148 valence electrons. The van der Waals surface area contributed by atoms with Crippen molar-refractivity contribution < 1.29 is 14.3 Å². The number of ether oxygens (including phenoxy) is 2. The van der Waals surface area contributed by atoms with Gasteiger partial charge in [0.1, 0.15) is 16.2 Å². The zero-order valence-corrected chi connectivity index (χ0v) is 17.3. The van der Waals surface area contributed by atoms with Crippen molar-refractivity contribution in [2.45, 2.75) is 25.7 Å². The monoisotopic (exact) mass is 406 g/mol. The van der Waals surface area contributed by atoms with E-state index in [9.17, 15) is 4.79 Å². The highest BCUT2D eigenvalue weighted by atomic mass is 32.1. The quantitative estimate of drug-likeness (QED) is 0.454. The Morgan fingerprint density at radius 2 is 1.69 bits per heavy atom. The van der Waals surface area contributed by atoms with Gasteiger partial charge >= 0.3 is 5.97 Å². The molecule has 1 aliphatic rings. The van der Waals surface area contributed by atoms with Crippen LogP contribution in [0.5, 0.6) is 5.75 Å². The average molecular weight is 407 g/mol. The van der Waals surface area contributed by atoms with E-state index in [0.717, 1.165) is 54.1 Å². The van der Waals surface area contributed by atoms with Gasteiger partial charge in [0, 0.05) is 22.5 Å². The van der Waals surface area contributed by atoms with Gasteiger partial charge in [-0.2, -0.15) is 0 Å². The van der Waals surface area contributed by atoms with Crippen LogP contribution in [0.1, 0.15) is 34.5 Å². The van der Waals surface area contributed by atoms with Crippen LogP contribution in [0.4, 0.5) is 0 Å². The SMILES string of the molecule is COC(=O)c1ccc(-n2c(-c3ccc(OC)cc3)nc(=S)c3c2CCCC3)cc1. The number of aromatic nitrogens is 2. The van der Waals surface area contributed by atoms with Gasteiger partial charge < -0.3 is 9.47 Å². The molecule has 6 heteroatoms.